The molecule has 90 valence electrons. The molecular formula is C12H18O4. The molecule has 1 fully saturated rings. The number of carbonyl (C=O) groups excluding carboxylic acids is 2. The van der Waals surface area contributed by atoms with E-state index in [1.165, 1.54) is 7.11 Å². The summed E-state index contributed by atoms with van der Waals surface area (Å²) >= 11 is 0. The van der Waals surface area contributed by atoms with E-state index in [2.05, 4.69) is 18.2 Å². The Morgan fingerprint density at radius 1 is 1.50 bits per heavy atom. The van der Waals surface area contributed by atoms with Crippen LogP contribution in [0.5, 0.6) is 0 Å². The topological polar surface area (TPSA) is 52.6 Å². The number of hydrogen-bond acceptors (Lipinski definition) is 4. The van der Waals surface area contributed by atoms with Crippen molar-refractivity contribution in [2.24, 2.45) is 5.92 Å². The van der Waals surface area contributed by atoms with Gasteiger partial charge in [0.1, 0.15) is 12.0 Å². The molecule has 0 aromatic carbocycles. The first-order chi connectivity index (χ1) is 7.61. The van der Waals surface area contributed by atoms with Gasteiger partial charge in [0, 0.05) is 5.57 Å². The molecule has 2 atom stereocenters. The van der Waals surface area contributed by atoms with E-state index in [1.807, 2.05) is 0 Å². The maximum Gasteiger partial charge on any atom is 0.334 e. The normalized spacial score (nSPS) is 24.4. The van der Waals surface area contributed by atoms with Crippen molar-refractivity contribution in [2.45, 2.75) is 38.7 Å². The predicted octanol–water partition coefficient (Wildman–Crippen LogP) is 1.84. The van der Waals surface area contributed by atoms with Crippen molar-refractivity contribution in [3.05, 3.63) is 12.2 Å². The van der Waals surface area contributed by atoms with Crippen molar-refractivity contribution in [1.82, 2.24) is 0 Å². The van der Waals surface area contributed by atoms with Gasteiger partial charge in [-0.3, -0.25) is 4.79 Å². The van der Waals surface area contributed by atoms with Gasteiger partial charge in [-0.25, -0.2) is 4.79 Å². The van der Waals surface area contributed by atoms with Crippen LogP contribution in [0.15, 0.2) is 12.2 Å². The highest BCUT2D eigenvalue weighted by molar-refractivity contribution is 5.98. The molecule has 0 unspecified atom stereocenters. The fourth-order valence-electron chi connectivity index (χ4n) is 1.87. The Morgan fingerprint density at radius 3 is 2.75 bits per heavy atom. The van der Waals surface area contributed by atoms with Crippen LogP contribution in [0, 0.1) is 5.92 Å². The third-order valence-corrected chi connectivity index (χ3v) is 2.82. The monoisotopic (exact) mass is 226 g/mol. The molecule has 1 heterocycles. The van der Waals surface area contributed by atoms with Crippen LogP contribution >= 0.6 is 0 Å². The predicted molar refractivity (Wildman–Crippen MR) is 58.7 cm³/mol. The largest absolute Gasteiger partial charge is 0.468 e. The number of cyclic esters (lactones) is 1. The molecule has 0 N–H and O–H groups in total. The maximum atomic E-state index is 11.5. The molecule has 1 aliphatic rings. The summed E-state index contributed by atoms with van der Waals surface area (Å²) in [5.74, 6) is -1.52. The number of carbonyl (C=O) groups is 2. The smallest absolute Gasteiger partial charge is 0.334 e. The molecule has 0 bridgehead atoms. The number of rotatable bonds is 5. The van der Waals surface area contributed by atoms with Crippen molar-refractivity contribution >= 4 is 11.9 Å². The van der Waals surface area contributed by atoms with E-state index in [1.54, 1.807) is 0 Å². The number of esters is 2. The Hall–Kier alpha value is -1.32. The molecule has 1 aliphatic heterocycles. The number of unbranched alkanes of at least 4 members (excludes halogenated alkanes) is 2. The van der Waals surface area contributed by atoms with Crippen molar-refractivity contribution < 1.29 is 19.1 Å². The lowest BCUT2D eigenvalue weighted by molar-refractivity contribution is -0.147. The van der Waals surface area contributed by atoms with Gasteiger partial charge < -0.3 is 9.47 Å². The molecule has 0 spiro atoms. The highest BCUT2D eigenvalue weighted by Gasteiger charge is 2.43. The van der Waals surface area contributed by atoms with Gasteiger partial charge in [-0.1, -0.05) is 26.3 Å². The first-order valence-corrected chi connectivity index (χ1v) is 5.59. The van der Waals surface area contributed by atoms with Gasteiger partial charge in [-0.15, -0.1) is 0 Å². The third kappa shape index (κ3) is 2.62. The summed E-state index contributed by atoms with van der Waals surface area (Å²) in [5.41, 5.74) is 0.216. The molecule has 0 radical (unpaired) electrons. The SMILES string of the molecule is C=C1C(=O)O[C@H](CCCCC)[C@@H]1C(=O)OC. The van der Waals surface area contributed by atoms with E-state index in [0.717, 1.165) is 19.3 Å². The van der Waals surface area contributed by atoms with Gasteiger partial charge in [0.2, 0.25) is 0 Å². The molecule has 0 saturated carbocycles. The minimum absolute atomic E-state index is 0.216. The molecule has 0 aromatic heterocycles. The molecule has 1 saturated heterocycles. The zero-order chi connectivity index (χ0) is 12.1. The van der Waals surface area contributed by atoms with Crippen LogP contribution in [0.4, 0.5) is 0 Å². The van der Waals surface area contributed by atoms with Crippen LogP contribution in [-0.2, 0) is 19.1 Å². The van der Waals surface area contributed by atoms with Crippen LogP contribution < -0.4 is 0 Å². The Labute approximate surface area is 95.6 Å². The minimum Gasteiger partial charge on any atom is -0.468 e. The van der Waals surface area contributed by atoms with E-state index < -0.39 is 17.9 Å². The third-order valence-electron chi connectivity index (χ3n) is 2.82. The average Bonchev–Trinajstić information content (AvgIpc) is 2.55. The van der Waals surface area contributed by atoms with E-state index in [9.17, 15) is 9.59 Å². The van der Waals surface area contributed by atoms with E-state index >= 15 is 0 Å². The first kappa shape index (κ1) is 12.7. The molecule has 4 heteroatoms. The van der Waals surface area contributed by atoms with E-state index in [-0.39, 0.29) is 11.7 Å². The number of methoxy groups -OCH3 is 1. The molecule has 16 heavy (non-hydrogen) atoms. The lowest BCUT2D eigenvalue weighted by Crippen LogP contribution is -2.26. The van der Waals surface area contributed by atoms with Gasteiger partial charge in [0.05, 0.1) is 7.11 Å². The van der Waals surface area contributed by atoms with Crippen LogP contribution in [0.2, 0.25) is 0 Å². The van der Waals surface area contributed by atoms with Crippen LogP contribution in [0.3, 0.4) is 0 Å². The quantitative estimate of drug-likeness (QED) is 0.408. The zero-order valence-corrected chi connectivity index (χ0v) is 9.82. The highest BCUT2D eigenvalue weighted by atomic mass is 16.6. The second-order valence-corrected chi connectivity index (χ2v) is 3.97. The van der Waals surface area contributed by atoms with Crippen LogP contribution in [0.1, 0.15) is 32.6 Å². The number of ether oxygens (including phenoxy) is 2. The summed E-state index contributed by atoms with van der Waals surface area (Å²) in [6.45, 7) is 5.68. The van der Waals surface area contributed by atoms with Crippen molar-refractivity contribution in [2.75, 3.05) is 7.11 Å². The second-order valence-electron chi connectivity index (χ2n) is 3.97. The maximum absolute atomic E-state index is 11.5. The fraction of sp³-hybridized carbons (Fsp3) is 0.667. The molecule has 0 aromatic rings. The van der Waals surface area contributed by atoms with Gasteiger partial charge in [-0.05, 0) is 12.8 Å². The minimum atomic E-state index is -0.616. The van der Waals surface area contributed by atoms with E-state index in [0.29, 0.717) is 6.42 Å². The van der Waals surface area contributed by atoms with Crippen molar-refractivity contribution in [1.29, 1.82) is 0 Å². The molecule has 1 rings (SSSR count). The lowest BCUT2D eigenvalue weighted by atomic mass is 9.94. The highest BCUT2D eigenvalue weighted by Crippen LogP contribution is 2.30. The number of hydrogen-bond donors (Lipinski definition) is 0. The zero-order valence-electron chi connectivity index (χ0n) is 9.82. The van der Waals surface area contributed by atoms with Gasteiger partial charge >= 0.3 is 11.9 Å². The van der Waals surface area contributed by atoms with Crippen molar-refractivity contribution in [3.63, 3.8) is 0 Å². The van der Waals surface area contributed by atoms with Gasteiger partial charge in [-0.2, -0.15) is 0 Å². The molecule has 0 aliphatic carbocycles. The van der Waals surface area contributed by atoms with Crippen LogP contribution in [-0.4, -0.2) is 25.2 Å². The Kier molecular flexibility index (Phi) is 4.52. The summed E-state index contributed by atoms with van der Waals surface area (Å²) in [4.78, 5) is 22.8. The van der Waals surface area contributed by atoms with Crippen LogP contribution in [0.25, 0.3) is 0 Å². The summed E-state index contributed by atoms with van der Waals surface area (Å²) in [5, 5.41) is 0. The molecular weight excluding hydrogens is 208 g/mol. The summed E-state index contributed by atoms with van der Waals surface area (Å²) in [7, 11) is 1.31. The fourth-order valence-corrected chi connectivity index (χ4v) is 1.87. The average molecular weight is 226 g/mol. The Morgan fingerprint density at radius 2 is 2.19 bits per heavy atom. The lowest BCUT2D eigenvalue weighted by Gasteiger charge is -2.15. The Bertz CT molecular complexity index is 295. The summed E-state index contributed by atoms with van der Waals surface area (Å²) in [6, 6.07) is 0. The molecule has 0 amide bonds. The summed E-state index contributed by atoms with van der Waals surface area (Å²) < 4.78 is 9.77. The van der Waals surface area contributed by atoms with E-state index in [4.69, 9.17) is 4.74 Å². The second kappa shape index (κ2) is 5.68. The standard InChI is InChI=1S/C12H18O4/c1-4-5-6-7-9-10(12(14)15-3)8(2)11(13)16-9/h9-10H,2,4-7H2,1,3H3/t9-,10-/m1/s1. The van der Waals surface area contributed by atoms with Crippen molar-refractivity contribution in [3.8, 4) is 0 Å². The summed E-state index contributed by atoms with van der Waals surface area (Å²) in [6.07, 6.45) is 3.39. The van der Waals surface area contributed by atoms with Gasteiger partial charge in [0.15, 0.2) is 0 Å². The first-order valence-electron chi connectivity index (χ1n) is 5.59. The Balaban J connectivity index is 2.63. The molecule has 4 nitrogen and oxygen atoms in total. The van der Waals surface area contributed by atoms with Gasteiger partial charge in [0.25, 0.3) is 0 Å².